The molecule has 80 valence electrons. The number of carbonyl (C=O) groups excluding carboxylic acids is 2. The van der Waals surface area contributed by atoms with Gasteiger partial charge in [-0.2, -0.15) is 0 Å². The van der Waals surface area contributed by atoms with Crippen LogP contribution in [-0.4, -0.2) is 19.0 Å². The Kier molecular flexibility index (Phi) is 2.83. The number of carboxylic acid groups (broad SMARTS) is 1. The Labute approximate surface area is 83.2 Å². The van der Waals surface area contributed by atoms with Crippen LogP contribution in [0.5, 0.6) is 0 Å². The minimum Gasteiger partial charge on any atom is -0.550 e. The van der Waals surface area contributed by atoms with Gasteiger partial charge in [0.25, 0.3) is 0 Å². The molecule has 1 aliphatic rings. The number of carboxylic acids is 1. The molecule has 1 fully saturated rings. The molecule has 0 unspecified atom stereocenters. The van der Waals surface area contributed by atoms with Crippen LogP contribution in [0.2, 0.25) is 0 Å². The van der Waals surface area contributed by atoms with Gasteiger partial charge in [0.2, 0.25) is 0 Å². The lowest BCUT2D eigenvalue weighted by molar-refractivity contribution is -0.314. The minimum atomic E-state index is -1.07. The molecule has 0 aromatic heterocycles. The number of hydrogen-bond donors (Lipinski definition) is 0. The number of rotatable bonds is 2. The van der Waals surface area contributed by atoms with Gasteiger partial charge >= 0.3 is 5.97 Å². The van der Waals surface area contributed by atoms with Crippen LogP contribution in [0.3, 0.4) is 0 Å². The van der Waals surface area contributed by atoms with Crippen molar-refractivity contribution in [3.63, 3.8) is 0 Å². The molecule has 0 amide bonds. The van der Waals surface area contributed by atoms with E-state index in [2.05, 4.69) is 4.74 Å². The van der Waals surface area contributed by atoms with Gasteiger partial charge in [-0.3, -0.25) is 4.79 Å². The molecule has 0 heterocycles. The summed E-state index contributed by atoms with van der Waals surface area (Å²) in [5.74, 6) is -2.26. The molecule has 2 atom stereocenters. The average Bonchev–Trinajstić information content (AvgIpc) is 2.39. The maximum atomic E-state index is 11.4. The lowest BCUT2D eigenvalue weighted by Crippen LogP contribution is -2.41. The molecule has 0 N–H and O–H groups in total. The summed E-state index contributed by atoms with van der Waals surface area (Å²) in [7, 11) is 1.32. The van der Waals surface area contributed by atoms with Crippen molar-refractivity contribution < 1.29 is 19.4 Å². The second kappa shape index (κ2) is 3.59. The monoisotopic (exact) mass is 199 g/mol. The zero-order chi connectivity index (χ0) is 10.9. The SMILES string of the molecule is COC(=O)[C@@H]1CC[C@@H](C(=O)[O-])C1(C)C. The van der Waals surface area contributed by atoms with E-state index in [4.69, 9.17) is 0 Å². The average molecular weight is 199 g/mol. The molecule has 0 aromatic carbocycles. The third-order valence-corrected chi connectivity index (χ3v) is 3.31. The maximum Gasteiger partial charge on any atom is 0.309 e. The topological polar surface area (TPSA) is 66.4 Å². The minimum absolute atomic E-state index is 0.321. The zero-order valence-electron chi connectivity index (χ0n) is 8.70. The highest BCUT2D eigenvalue weighted by atomic mass is 16.5. The number of esters is 1. The fourth-order valence-electron chi connectivity index (χ4n) is 2.31. The number of hydrogen-bond acceptors (Lipinski definition) is 4. The first-order valence-corrected chi connectivity index (χ1v) is 4.70. The van der Waals surface area contributed by atoms with Gasteiger partial charge in [-0.05, 0) is 18.3 Å². The Morgan fingerprint density at radius 2 is 1.79 bits per heavy atom. The van der Waals surface area contributed by atoms with E-state index in [1.54, 1.807) is 13.8 Å². The molecular weight excluding hydrogens is 184 g/mol. The number of ether oxygens (including phenoxy) is 1. The summed E-state index contributed by atoms with van der Waals surface area (Å²) in [6.07, 6.45) is 1.06. The van der Waals surface area contributed by atoms with E-state index in [0.717, 1.165) is 0 Å². The normalized spacial score (nSPS) is 29.9. The van der Waals surface area contributed by atoms with Crippen LogP contribution in [0.1, 0.15) is 26.7 Å². The second-order valence-electron chi connectivity index (χ2n) is 4.35. The molecule has 1 rings (SSSR count). The van der Waals surface area contributed by atoms with Crippen LogP contribution in [0, 0.1) is 17.3 Å². The van der Waals surface area contributed by atoms with Crippen molar-refractivity contribution in [2.24, 2.45) is 17.3 Å². The molecular formula is C10H15O4-. The third kappa shape index (κ3) is 1.61. The van der Waals surface area contributed by atoms with Crippen LogP contribution in [0.15, 0.2) is 0 Å². The lowest BCUT2D eigenvalue weighted by atomic mass is 9.75. The van der Waals surface area contributed by atoms with Crippen molar-refractivity contribution in [1.82, 2.24) is 0 Å². The summed E-state index contributed by atoms with van der Waals surface area (Å²) in [6, 6.07) is 0. The van der Waals surface area contributed by atoms with E-state index in [9.17, 15) is 14.7 Å². The molecule has 0 bridgehead atoms. The highest BCUT2D eigenvalue weighted by molar-refractivity contribution is 5.77. The van der Waals surface area contributed by atoms with Gasteiger partial charge in [-0.15, -0.1) is 0 Å². The van der Waals surface area contributed by atoms with Crippen molar-refractivity contribution in [2.75, 3.05) is 7.11 Å². The van der Waals surface area contributed by atoms with Gasteiger partial charge in [0.1, 0.15) is 0 Å². The van der Waals surface area contributed by atoms with E-state index in [1.165, 1.54) is 7.11 Å². The molecule has 1 saturated carbocycles. The Morgan fingerprint density at radius 3 is 2.14 bits per heavy atom. The van der Waals surface area contributed by atoms with E-state index in [1.807, 2.05) is 0 Å². The number of methoxy groups -OCH3 is 1. The van der Waals surface area contributed by atoms with Crippen molar-refractivity contribution >= 4 is 11.9 Å². The van der Waals surface area contributed by atoms with E-state index >= 15 is 0 Å². The quantitative estimate of drug-likeness (QED) is 0.585. The second-order valence-corrected chi connectivity index (χ2v) is 4.35. The largest absolute Gasteiger partial charge is 0.550 e. The molecule has 4 heteroatoms. The molecule has 4 nitrogen and oxygen atoms in total. The number of aliphatic carboxylic acids is 1. The summed E-state index contributed by atoms with van der Waals surface area (Å²) in [5.41, 5.74) is -0.564. The number of carbonyl (C=O) groups is 2. The highest BCUT2D eigenvalue weighted by Crippen LogP contribution is 2.47. The first kappa shape index (κ1) is 11.0. The van der Waals surface area contributed by atoms with Gasteiger partial charge < -0.3 is 14.6 Å². The van der Waals surface area contributed by atoms with Crippen molar-refractivity contribution in [3.05, 3.63) is 0 Å². The van der Waals surface area contributed by atoms with Crippen molar-refractivity contribution in [1.29, 1.82) is 0 Å². The Morgan fingerprint density at radius 1 is 1.29 bits per heavy atom. The zero-order valence-corrected chi connectivity index (χ0v) is 8.70. The Hall–Kier alpha value is -1.06. The summed E-state index contributed by atoms with van der Waals surface area (Å²) in [4.78, 5) is 22.2. The maximum absolute atomic E-state index is 11.4. The lowest BCUT2D eigenvalue weighted by Gasteiger charge is -2.31. The van der Waals surface area contributed by atoms with E-state index in [0.29, 0.717) is 12.8 Å². The van der Waals surface area contributed by atoms with Gasteiger partial charge in [0.05, 0.1) is 13.0 Å². The first-order chi connectivity index (χ1) is 6.41. The fraction of sp³-hybridized carbons (Fsp3) is 0.800. The first-order valence-electron chi connectivity index (χ1n) is 4.70. The molecule has 0 saturated heterocycles. The predicted molar refractivity (Wildman–Crippen MR) is 47.0 cm³/mol. The van der Waals surface area contributed by atoms with Gasteiger partial charge in [-0.1, -0.05) is 13.8 Å². The fourth-order valence-corrected chi connectivity index (χ4v) is 2.31. The van der Waals surface area contributed by atoms with Crippen LogP contribution < -0.4 is 5.11 Å². The van der Waals surface area contributed by atoms with Gasteiger partial charge in [0.15, 0.2) is 0 Å². The molecule has 1 aliphatic carbocycles. The molecule has 14 heavy (non-hydrogen) atoms. The molecule has 0 aliphatic heterocycles. The standard InChI is InChI=1S/C10H16O4/c1-10(2)6(8(11)12)4-5-7(10)9(13)14-3/h6-7H,4-5H2,1-3H3,(H,11,12)/p-1/t6-,7-/m0/s1. The molecule has 0 spiro atoms. The van der Waals surface area contributed by atoms with Crippen LogP contribution in [0.4, 0.5) is 0 Å². The van der Waals surface area contributed by atoms with Crippen molar-refractivity contribution in [3.8, 4) is 0 Å². The predicted octanol–water partition coefficient (Wildman–Crippen LogP) is -0.0383. The molecule has 0 aromatic rings. The van der Waals surface area contributed by atoms with Gasteiger partial charge in [0, 0.05) is 11.9 Å². The van der Waals surface area contributed by atoms with Gasteiger partial charge in [-0.25, -0.2) is 0 Å². The molecule has 0 radical (unpaired) electrons. The third-order valence-electron chi connectivity index (χ3n) is 3.31. The Bertz CT molecular complexity index is 257. The van der Waals surface area contributed by atoms with Crippen LogP contribution >= 0.6 is 0 Å². The van der Waals surface area contributed by atoms with Crippen LogP contribution in [-0.2, 0) is 14.3 Å². The van der Waals surface area contributed by atoms with E-state index < -0.39 is 17.3 Å². The van der Waals surface area contributed by atoms with Crippen molar-refractivity contribution in [2.45, 2.75) is 26.7 Å². The summed E-state index contributed by atoms with van der Waals surface area (Å²) >= 11 is 0. The smallest absolute Gasteiger partial charge is 0.309 e. The summed E-state index contributed by atoms with van der Waals surface area (Å²) in [5, 5.41) is 10.8. The highest BCUT2D eigenvalue weighted by Gasteiger charge is 2.47. The Balaban J connectivity index is 2.86. The van der Waals surface area contributed by atoms with E-state index in [-0.39, 0.29) is 11.9 Å². The summed E-state index contributed by atoms with van der Waals surface area (Å²) in [6.45, 7) is 3.56. The summed E-state index contributed by atoms with van der Waals surface area (Å²) < 4.78 is 4.65. The van der Waals surface area contributed by atoms with Crippen LogP contribution in [0.25, 0.3) is 0 Å².